The summed E-state index contributed by atoms with van der Waals surface area (Å²) in [5, 5.41) is 8.89. The van der Waals surface area contributed by atoms with Crippen molar-refractivity contribution >= 4 is 5.97 Å². The molecule has 0 radical (unpaired) electrons. The molecule has 2 aromatic carbocycles. The number of halogens is 3. The van der Waals surface area contributed by atoms with E-state index >= 15 is 0 Å². The van der Waals surface area contributed by atoms with Crippen LogP contribution in [0.4, 0.5) is 13.2 Å². The number of hydrogen-bond acceptors (Lipinski definition) is 1. The molecule has 6 heteroatoms. The Hall–Kier alpha value is -3.02. The van der Waals surface area contributed by atoms with Gasteiger partial charge in [0, 0.05) is 18.1 Å². The van der Waals surface area contributed by atoms with E-state index in [1.54, 1.807) is 29.1 Å². The lowest BCUT2D eigenvalue weighted by atomic mass is 10.1. The van der Waals surface area contributed by atoms with E-state index in [0.29, 0.717) is 5.69 Å². The zero-order valence-corrected chi connectivity index (χ0v) is 12.3. The molecule has 0 aliphatic heterocycles. The van der Waals surface area contributed by atoms with Gasteiger partial charge < -0.3 is 9.67 Å². The van der Waals surface area contributed by atoms with Crippen molar-refractivity contribution < 1.29 is 23.1 Å². The van der Waals surface area contributed by atoms with Crippen LogP contribution >= 0.6 is 0 Å². The lowest BCUT2D eigenvalue weighted by Crippen LogP contribution is -2.04. The maximum absolute atomic E-state index is 12.6. The first kappa shape index (κ1) is 15.9. The van der Waals surface area contributed by atoms with Gasteiger partial charge in [-0.2, -0.15) is 13.2 Å². The monoisotopic (exact) mass is 331 g/mol. The van der Waals surface area contributed by atoms with Gasteiger partial charge in [-0.05, 0) is 53.6 Å². The SMILES string of the molecule is O=C(O)c1ccc(-c2ccn(-c3ccc(C(F)(F)F)cc3)c2)cc1. The number of rotatable bonds is 3. The maximum atomic E-state index is 12.6. The van der Waals surface area contributed by atoms with Crippen molar-refractivity contribution in [1.29, 1.82) is 0 Å². The highest BCUT2D eigenvalue weighted by Crippen LogP contribution is 2.30. The van der Waals surface area contributed by atoms with Crippen LogP contribution in [0.3, 0.4) is 0 Å². The van der Waals surface area contributed by atoms with Crippen molar-refractivity contribution in [3.8, 4) is 16.8 Å². The van der Waals surface area contributed by atoms with E-state index < -0.39 is 17.7 Å². The first-order chi connectivity index (χ1) is 11.3. The molecule has 0 aliphatic carbocycles. The Balaban J connectivity index is 1.86. The fraction of sp³-hybridized carbons (Fsp3) is 0.0556. The predicted octanol–water partition coefficient (Wildman–Crippen LogP) is 4.86. The summed E-state index contributed by atoms with van der Waals surface area (Å²) in [6.07, 6.45) is -0.840. The van der Waals surface area contributed by atoms with Crippen LogP contribution in [0.1, 0.15) is 15.9 Å². The molecule has 3 rings (SSSR count). The Kier molecular flexibility index (Phi) is 3.89. The minimum absolute atomic E-state index is 0.195. The highest BCUT2D eigenvalue weighted by molar-refractivity contribution is 5.88. The number of nitrogens with zero attached hydrogens (tertiary/aromatic N) is 1. The molecule has 1 heterocycles. The Morgan fingerprint density at radius 1 is 0.875 bits per heavy atom. The molecule has 3 nitrogen and oxygen atoms in total. The molecular weight excluding hydrogens is 319 g/mol. The molecule has 0 spiro atoms. The summed E-state index contributed by atoms with van der Waals surface area (Å²) in [6, 6.07) is 13.1. The molecule has 0 saturated carbocycles. The zero-order chi connectivity index (χ0) is 17.3. The predicted molar refractivity (Wildman–Crippen MR) is 83.2 cm³/mol. The number of carbonyl (C=O) groups is 1. The molecule has 0 saturated heterocycles. The molecule has 0 unspecified atom stereocenters. The van der Waals surface area contributed by atoms with Gasteiger partial charge in [0.2, 0.25) is 0 Å². The molecule has 1 aromatic heterocycles. The van der Waals surface area contributed by atoms with Crippen molar-refractivity contribution in [3.63, 3.8) is 0 Å². The van der Waals surface area contributed by atoms with Crippen molar-refractivity contribution in [2.45, 2.75) is 6.18 Å². The summed E-state index contributed by atoms with van der Waals surface area (Å²) >= 11 is 0. The summed E-state index contributed by atoms with van der Waals surface area (Å²) in [6.45, 7) is 0. The molecular formula is C18H12F3NO2. The van der Waals surface area contributed by atoms with Gasteiger partial charge in [0.15, 0.2) is 0 Å². The van der Waals surface area contributed by atoms with Gasteiger partial charge >= 0.3 is 12.1 Å². The molecule has 0 bridgehead atoms. The van der Waals surface area contributed by atoms with Crippen LogP contribution < -0.4 is 0 Å². The molecule has 0 amide bonds. The van der Waals surface area contributed by atoms with E-state index in [4.69, 9.17) is 5.11 Å². The highest BCUT2D eigenvalue weighted by Gasteiger charge is 2.29. The second kappa shape index (κ2) is 5.88. The topological polar surface area (TPSA) is 42.2 Å². The fourth-order valence-electron chi connectivity index (χ4n) is 2.36. The second-order valence-electron chi connectivity index (χ2n) is 5.23. The van der Waals surface area contributed by atoms with Gasteiger partial charge in [-0.15, -0.1) is 0 Å². The van der Waals surface area contributed by atoms with Crippen LogP contribution in [0.5, 0.6) is 0 Å². The number of alkyl halides is 3. The first-order valence-corrected chi connectivity index (χ1v) is 7.04. The van der Waals surface area contributed by atoms with E-state index in [0.717, 1.165) is 23.3 Å². The fourth-order valence-corrected chi connectivity index (χ4v) is 2.36. The van der Waals surface area contributed by atoms with Crippen LogP contribution in [-0.4, -0.2) is 15.6 Å². The summed E-state index contributed by atoms with van der Waals surface area (Å²) in [5.74, 6) is -0.996. The Morgan fingerprint density at radius 2 is 1.50 bits per heavy atom. The first-order valence-electron chi connectivity index (χ1n) is 7.04. The number of aromatic nitrogens is 1. The smallest absolute Gasteiger partial charge is 0.416 e. The van der Waals surface area contributed by atoms with Crippen molar-refractivity contribution in [3.05, 3.63) is 78.1 Å². The highest BCUT2D eigenvalue weighted by atomic mass is 19.4. The van der Waals surface area contributed by atoms with Gasteiger partial charge in [-0.1, -0.05) is 12.1 Å². The van der Waals surface area contributed by atoms with E-state index in [1.807, 2.05) is 6.07 Å². The van der Waals surface area contributed by atoms with Gasteiger partial charge in [-0.3, -0.25) is 0 Å². The van der Waals surface area contributed by atoms with Crippen molar-refractivity contribution in [1.82, 2.24) is 4.57 Å². The van der Waals surface area contributed by atoms with Crippen molar-refractivity contribution in [2.75, 3.05) is 0 Å². The van der Waals surface area contributed by atoms with E-state index in [1.165, 1.54) is 24.3 Å². The Bertz CT molecular complexity index is 863. The van der Waals surface area contributed by atoms with E-state index in [9.17, 15) is 18.0 Å². The van der Waals surface area contributed by atoms with Crippen LogP contribution in [0.25, 0.3) is 16.8 Å². The molecule has 0 aliphatic rings. The third kappa shape index (κ3) is 3.17. The minimum atomic E-state index is -4.35. The van der Waals surface area contributed by atoms with Crippen LogP contribution in [0.15, 0.2) is 67.0 Å². The molecule has 3 aromatic rings. The quantitative estimate of drug-likeness (QED) is 0.744. The number of benzene rings is 2. The standard InChI is InChI=1S/C18H12F3NO2/c19-18(20,21)15-5-7-16(8-6-15)22-10-9-14(11-22)12-1-3-13(4-2-12)17(23)24/h1-11H,(H,23,24). The van der Waals surface area contributed by atoms with Gasteiger partial charge in [0.1, 0.15) is 0 Å². The molecule has 1 N–H and O–H groups in total. The number of carboxylic acids is 1. The number of hydrogen-bond donors (Lipinski definition) is 1. The van der Waals surface area contributed by atoms with Crippen LogP contribution in [0, 0.1) is 0 Å². The summed E-state index contributed by atoms with van der Waals surface area (Å²) in [7, 11) is 0. The Morgan fingerprint density at radius 3 is 2.04 bits per heavy atom. The Labute approximate surface area is 135 Å². The third-order valence-electron chi connectivity index (χ3n) is 3.65. The molecule has 24 heavy (non-hydrogen) atoms. The zero-order valence-electron chi connectivity index (χ0n) is 12.3. The summed E-state index contributed by atoms with van der Waals surface area (Å²) in [4.78, 5) is 10.9. The van der Waals surface area contributed by atoms with E-state index in [-0.39, 0.29) is 5.56 Å². The van der Waals surface area contributed by atoms with Gasteiger partial charge in [-0.25, -0.2) is 4.79 Å². The maximum Gasteiger partial charge on any atom is 0.416 e. The molecule has 0 fully saturated rings. The lowest BCUT2D eigenvalue weighted by Gasteiger charge is -2.08. The number of carboxylic acid groups (broad SMARTS) is 1. The minimum Gasteiger partial charge on any atom is -0.478 e. The molecule has 0 atom stereocenters. The molecule has 122 valence electrons. The average Bonchev–Trinajstić information content (AvgIpc) is 3.04. The third-order valence-corrected chi connectivity index (χ3v) is 3.65. The van der Waals surface area contributed by atoms with Crippen LogP contribution in [0.2, 0.25) is 0 Å². The average molecular weight is 331 g/mol. The second-order valence-corrected chi connectivity index (χ2v) is 5.23. The van der Waals surface area contributed by atoms with Gasteiger partial charge in [0.25, 0.3) is 0 Å². The normalized spacial score (nSPS) is 11.5. The lowest BCUT2D eigenvalue weighted by molar-refractivity contribution is -0.137. The van der Waals surface area contributed by atoms with E-state index in [2.05, 4.69) is 0 Å². The summed E-state index contributed by atoms with van der Waals surface area (Å²) in [5.41, 5.74) is 1.78. The number of aromatic carboxylic acids is 1. The van der Waals surface area contributed by atoms with Gasteiger partial charge in [0.05, 0.1) is 11.1 Å². The van der Waals surface area contributed by atoms with Crippen molar-refractivity contribution in [2.24, 2.45) is 0 Å². The van der Waals surface area contributed by atoms with Crippen LogP contribution in [-0.2, 0) is 6.18 Å². The summed E-state index contributed by atoms with van der Waals surface area (Å²) < 4.78 is 39.5. The largest absolute Gasteiger partial charge is 0.478 e.